The number of nitrogens with zero attached hydrogens (tertiary/aromatic N) is 1. The van der Waals surface area contributed by atoms with Crippen molar-refractivity contribution in [3.05, 3.63) is 21.5 Å². The van der Waals surface area contributed by atoms with Crippen molar-refractivity contribution in [2.45, 2.75) is 19.4 Å². The molecule has 0 saturated carbocycles. The van der Waals surface area contributed by atoms with Crippen LogP contribution in [0.5, 0.6) is 0 Å². The average Bonchev–Trinajstić information content (AvgIpc) is 2.57. The van der Waals surface area contributed by atoms with Gasteiger partial charge in [0.25, 0.3) is 0 Å². The van der Waals surface area contributed by atoms with Crippen molar-refractivity contribution in [2.24, 2.45) is 0 Å². The zero-order chi connectivity index (χ0) is 11.4. The van der Waals surface area contributed by atoms with E-state index in [4.69, 9.17) is 9.84 Å². The van der Waals surface area contributed by atoms with Crippen LogP contribution in [-0.2, 0) is 4.74 Å². The first kappa shape index (κ1) is 12.5. The highest BCUT2D eigenvalue weighted by Crippen LogP contribution is 2.19. The van der Waals surface area contributed by atoms with E-state index >= 15 is 0 Å². The van der Waals surface area contributed by atoms with Crippen molar-refractivity contribution in [2.75, 3.05) is 13.7 Å². The van der Waals surface area contributed by atoms with Gasteiger partial charge in [-0.05, 0) is 42.0 Å². The molecule has 0 saturated heterocycles. The Morgan fingerprint density at radius 3 is 2.93 bits per heavy atom. The van der Waals surface area contributed by atoms with Crippen LogP contribution in [0, 0.1) is 3.57 Å². The molecule has 0 amide bonds. The summed E-state index contributed by atoms with van der Waals surface area (Å²) in [7, 11) is 1.64. The molecule has 15 heavy (non-hydrogen) atoms. The van der Waals surface area contributed by atoms with Crippen molar-refractivity contribution in [3.63, 3.8) is 0 Å². The van der Waals surface area contributed by atoms with Crippen molar-refractivity contribution >= 4 is 28.6 Å². The number of hydrogen-bond donors (Lipinski definition) is 1. The first-order chi connectivity index (χ1) is 7.06. The maximum Gasteiger partial charge on any atom is 0.352 e. The summed E-state index contributed by atoms with van der Waals surface area (Å²) in [6, 6.07) is 1.81. The van der Waals surface area contributed by atoms with Gasteiger partial charge in [0.1, 0.15) is 5.69 Å². The molecule has 1 heterocycles. The van der Waals surface area contributed by atoms with Crippen LogP contribution in [0.1, 0.15) is 29.9 Å². The molecule has 0 aliphatic heterocycles. The molecule has 1 unspecified atom stereocenters. The number of halogens is 1. The van der Waals surface area contributed by atoms with E-state index in [-0.39, 0.29) is 6.04 Å². The lowest BCUT2D eigenvalue weighted by molar-refractivity contribution is 0.0681. The van der Waals surface area contributed by atoms with E-state index in [2.05, 4.69) is 22.6 Å². The van der Waals surface area contributed by atoms with E-state index in [0.29, 0.717) is 12.3 Å². The second kappa shape index (κ2) is 5.50. The van der Waals surface area contributed by atoms with Gasteiger partial charge in [-0.1, -0.05) is 0 Å². The smallest absolute Gasteiger partial charge is 0.352 e. The summed E-state index contributed by atoms with van der Waals surface area (Å²) in [5, 5.41) is 9.00. The molecular formula is C10H14INO3. The fourth-order valence-corrected chi connectivity index (χ4v) is 2.00. The maximum atomic E-state index is 11.0. The van der Waals surface area contributed by atoms with Gasteiger partial charge in [0.2, 0.25) is 0 Å². The Labute approximate surface area is 102 Å². The summed E-state index contributed by atoms with van der Waals surface area (Å²) in [5.74, 6) is -0.887. The molecule has 0 spiro atoms. The zero-order valence-corrected chi connectivity index (χ0v) is 10.9. The van der Waals surface area contributed by atoms with Gasteiger partial charge < -0.3 is 14.4 Å². The first-order valence-electron chi connectivity index (χ1n) is 4.66. The third kappa shape index (κ3) is 3.20. The number of methoxy groups -OCH3 is 1. The maximum absolute atomic E-state index is 11.0. The summed E-state index contributed by atoms with van der Waals surface area (Å²) >= 11 is 2.12. The standard InChI is InChI=1S/C10H14INO3/c1-7(3-4-15-2)12-6-8(11)5-9(12)10(13)14/h5-7H,3-4H2,1-2H3,(H,13,14). The van der Waals surface area contributed by atoms with Crippen LogP contribution >= 0.6 is 22.6 Å². The number of aromatic nitrogens is 1. The summed E-state index contributed by atoms with van der Waals surface area (Å²) < 4.78 is 7.70. The van der Waals surface area contributed by atoms with Crippen molar-refractivity contribution in [1.29, 1.82) is 0 Å². The number of aromatic carboxylic acids is 1. The Balaban J connectivity index is 2.86. The Bertz CT molecular complexity index is 348. The van der Waals surface area contributed by atoms with Gasteiger partial charge in [-0.15, -0.1) is 0 Å². The summed E-state index contributed by atoms with van der Waals surface area (Å²) in [6.45, 7) is 2.62. The Kier molecular flexibility index (Phi) is 4.59. The average molecular weight is 323 g/mol. The summed E-state index contributed by atoms with van der Waals surface area (Å²) in [5.41, 5.74) is 0.336. The molecule has 0 aromatic carbocycles. The van der Waals surface area contributed by atoms with Crippen LogP contribution in [0.3, 0.4) is 0 Å². The molecular weight excluding hydrogens is 309 g/mol. The normalized spacial score (nSPS) is 12.7. The first-order valence-corrected chi connectivity index (χ1v) is 5.73. The second-order valence-electron chi connectivity index (χ2n) is 3.39. The molecule has 0 fully saturated rings. The molecule has 0 aliphatic rings. The molecule has 0 aliphatic carbocycles. The molecule has 4 nitrogen and oxygen atoms in total. The third-order valence-corrected chi connectivity index (χ3v) is 2.84. The van der Waals surface area contributed by atoms with Gasteiger partial charge in [-0.25, -0.2) is 4.79 Å². The lowest BCUT2D eigenvalue weighted by Crippen LogP contribution is -2.13. The van der Waals surface area contributed by atoms with Crippen LogP contribution in [0.25, 0.3) is 0 Å². The molecule has 1 atom stereocenters. The van der Waals surface area contributed by atoms with E-state index in [1.54, 1.807) is 17.7 Å². The summed E-state index contributed by atoms with van der Waals surface area (Å²) in [6.07, 6.45) is 2.66. The third-order valence-electron chi connectivity index (χ3n) is 2.25. The highest BCUT2D eigenvalue weighted by molar-refractivity contribution is 14.1. The van der Waals surface area contributed by atoms with E-state index in [0.717, 1.165) is 9.99 Å². The highest BCUT2D eigenvalue weighted by Gasteiger charge is 2.15. The Morgan fingerprint density at radius 2 is 2.40 bits per heavy atom. The molecule has 5 heteroatoms. The lowest BCUT2D eigenvalue weighted by Gasteiger charge is -2.15. The minimum Gasteiger partial charge on any atom is -0.477 e. The van der Waals surface area contributed by atoms with Crippen molar-refractivity contribution < 1.29 is 14.6 Å². The van der Waals surface area contributed by atoms with Gasteiger partial charge in [0, 0.05) is 29.5 Å². The lowest BCUT2D eigenvalue weighted by atomic mass is 10.2. The number of carboxylic acid groups (broad SMARTS) is 1. The van der Waals surface area contributed by atoms with E-state index < -0.39 is 5.97 Å². The number of carbonyl (C=O) groups is 1. The van der Waals surface area contributed by atoms with E-state index in [1.165, 1.54) is 0 Å². The molecule has 0 bridgehead atoms. The predicted octanol–water partition coefficient (Wildman–Crippen LogP) is 2.39. The van der Waals surface area contributed by atoms with E-state index in [9.17, 15) is 4.79 Å². The van der Waals surface area contributed by atoms with Crippen LogP contribution in [0.15, 0.2) is 12.3 Å². The van der Waals surface area contributed by atoms with Gasteiger partial charge >= 0.3 is 5.97 Å². The molecule has 1 aromatic rings. The fraction of sp³-hybridized carbons (Fsp3) is 0.500. The van der Waals surface area contributed by atoms with Gasteiger partial charge in [-0.2, -0.15) is 0 Å². The van der Waals surface area contributed by atoms with Gasteiger partial charge in [-0.3, -0.25) is 0 Å². The number of carboxylic acids is 1. The zero-order valence-electron chi connectivity index (χ0n) is 8.74. The number of ether oxygens (including phenoxy) is 1. The summed E-state index contributed by atoms with van der Waals surface area (Å²) in [4.78, 5) is 11.0. The largest absolute Gasteiger partial charge is 0.477 e. The SMILES string of the molecule is COCCC(C)n1cc(I)cc1C(=O)O. The Morgan fingerprint density at radius 1 is 1.73 bits per heavy atom. The van der Waals surface area contributed by atoms with Crippen molar-refractivity contribution in [1.82, 2.24) is 4.57 Å². The van der Waals surface area contributed by atoms with Crippen LogP contribution in [0.2, 0.25) is 0 Å². The number of rotatable bonds is 5. The minimum atomic E-state index is -0.887. The van der Waals surface area contributed by atoms with Crippen molar-refractivity contribution in [3.8, 4) is 0 Å². The second-order valence-corrected chi connectivity index (χ2v) is 4.63. The highest BCUT2D eigenvalue weighted by atomic mass is 127. The fourth-order valence-electron chi connectivity index (χ4n) is 1.41. The number of hydrogen-bond acceptors (Lipinski definition) is 2. The molecule has 0 radical (unpaired) electrons. The van der Waals surface area contributed by atoms with Gasteiger partial charge in [0.05, 0.1) is 0 Å². The van der Waals surface area contributed by atoms with Crippen LogP contribution in [0.4, 0.5) is 0 Å². The predicted molar refractivity (Wildman–Crippen MR) is 65.3 cm³/mol. The molecule has 84 valence electrons. The van der Waals surface area contributed by atoms with E-state index in [1.807, 2.05) is 13.1 Å². The van der Waals surface area contributed by atoms with Gasteiger partial charge in [0.15, 0.2) is 0 Å². The molecule has 1 rings (SSSR count). The minimum absolute atomic E-state index is 0.138. The molecule has 1 N–H and O–H groups in total. The van der Waals surface area contributed by atoms with Crippen LogP contribution < -0.4 is 0 Å². The Hall–Kier alpha value is -0.560. The molecule has 1 aromatic heterocycles. The monoisotopic (exact) mass is 323 g/mol. The van der Waals surface area contributed by atoms with Crippen LogP contribution in [-0.4, -0.2) is 29.4 Å². The topological polar surface area (TPSA) is 51.5 Å². The quantitative estimate of drug-likeness (QED) is 0.847.